The summed E-state index contributed by atoms with van der Waals surface area (Å²) in [7, 11) is 0. The number of fused-ring (bicyclic) bond motifs is 2. The molecule has 1 N–H and O–H groups in total. The predicted octanol–water partition coefficient (Wildman–Crippen LogP) is 1.65. The number of amides is 1. The Hall–Kier alpha value is -1.79. The number of rotatable bonds is 1. The summed E-state index contributed by atoms with van der Waals surface area (Å²) in [5, 5.41) is 8.79. The zero-order valence-electron chi connectivity index (χ0n) is 10.8. The molecule has 2 fully saturated rings. The second-order valence-corrected chi connectivity index (χ2v) is 5.30. The van der Waals surface area contributed by atoms with E-state index in [-0.39, 0.29) is 12.5 Å². The minimum Gasteiger partial charge on any atom is -0.384 e. The van der Waals surface area contributed by atoms with Gasteiger partial charge in [-0.3, -0.25) is 4.79 Å². The second kappa shape index (κ2) is 5.07. The van der Waals surface area contributed by atoms with Crippen molar-refractivity contribution in [2.24, 2.45) is 5.92 Å². The van der Waals surface area contributed by atoms with Crippen molar-refractivity contribution in [3.63, 3.8) is 0 Å². The second-order valence-electron chi connectivity index (χ2n) is 5.30. The zero-order valence-corrected chi connectivity index (χ0v) is 10.8. The Labute approximate surface area is 113 Å². The monoisotopic (exact) mass is 255 g/mol. The molecule has 2 bridgehead atoms. The quantitative estimate of drug-likeness (QED) is 0.775. The first-order chi connectivity index (χ1) is 9.29. The maximum Gasteiger partial charge on any atom is 0.255 e. The molecule has 2 unspecified atom stereocenters. The van der Waals surface area contributed by atoms with Gasteiger partial charge in [0.1, 0.15) is 6.61 Å². The van der Waals surface area contributed by atoms with Gasteiger partial charge in [0.05, 0.1) is 5.56 Å². The van der Waals surface area contributed by atoms with Gasteiger partial charge in [0, 0.05) is 18.2 Å². The fourth-order valence-electron chi connectivity index (χ4n) is 3.24. The van der Waals surface area contributed by atoms with Gasteiger partial charge in [0.25, 0.3) is 5.91 Å². The average molecular weight is 255 g/mol. The third kappa shape index (κ3) is 2.24. The number of hydrogen-bond donors (Lipinski definition) is 1. The molecule has 0 aromatic heterocycles. The van der Waals surface area contributed by atoms with Gasteiger partial charge in [-0.05, 0) is 37.3 Å². The Morgan fingerprint density at radius 3 is 2.89 bits per heavy atom. The van der Waals surface area contributed by atoms with Crippen molar-refractivity contribution in [2.75, 3.05) is 13.2 Å². The van der Waals surface area contributed by atoms with Crippen LogP contribution in [-0.2, 0) is 0 Å². The minimum atomic E-state index is -0.184. The number of aliphatic hydroxyl groups is 1. The fraction of sp³-hybridized carbons (Fsp3) is 0.438. The Morgan fingerprint density at radius 2 is 2.21 bits per heavy atom. The third-order valence-electron chi connectivity index (χ3n) is 4.13. The lowest BCUT2D eigenvalue weighted by Crippen LogP contribution is -2.37. The Kier molecular flexibility index (Phi) is 3.27. The van der Waals surface area contributed by atoms with Crippen LogP contribution in [0.3, 0.4) is 0 Å². The molecule has 1 aliphatic carbocycles. The average Bonchev–Trinajstić information content (AvgIpc) is 3.07. The van der Waals surface area contributed by atoms with Gasteiger partial charge >= 0.3 is 0 Å². The minimum absolute atomic E-state index is 0.0926. The van der Waals surface area contributed by atoms with Crippen molar-refractivity contribution in [3.05, 3.63) is 35.4 Å². The van der Waals surface area contributed by atoms with Crippen LogP contribution >= 0.6 is 0 Å². The van der Waals surface area contributed by atoms with Gasteiger partial charge in [-0.2, -0.15) is 0 Å². The lowest BCUT2D eigenvalue weighted by Gasteiger charge is -2.27. The molecule has 1 heterocycles. The number of carbonyl (C=O) groups is 1. The largest absolute Gasteiger partial charge is 0.384 e. The summed E-state index contributed by atoms with van der Waals surface area (Å²) in [6.45, 7) is 0.711. The standard InChI is InChI=1S/C16H17NO2/c18-9-3-5-13-4-1-2-6-15(13)16(19)17-11-12-7-8-14(17)10-12/h1-2,4,6,12,14,18H,7-11H2. The molecule has 0 spiro atoms. The molecule has 3 nitrogen and oxygen atoms in total. The molecule has 3 rings (SSSR count). The van der Waals surface area contributed by atoms with E-state index in [1.165, 1.54) is 6.42 Å². The summed E-state index contributed by atoms with van der Waals surface area (Å²) in [6.07, 6.45) is 3.57. The molecule has 19 heavy (non-hydrogen) atoms. The van der Waals surface area contributed by atoms with E-state index >= 15 is 0 Å². The van der Waals surface area contributed by atoms with Gasteiger partial charge in [-0.1, -0.05) is 24.0 Å². The van der Waals surface area contributed by atoms with E-state index in [1.807, 2.05) is 29.2 Å². The van der Waals surface area contributed by atoms with Gasteiger partial charge < -0.3 is 10.0 Å². The number of benzene rings is 1. The summed E-state index contributed by atoms with van der Waals surface area (Å²) < 4.78 is 0. The number of nitrogens with zero attached hydrogens (tertiary/aromatic N) is 1. The Morgan fingerprint density at radius 1 is 1.37 bits per heavy atom. The van der Waals surface area contributed by atoms with Crippen molar-refractivity contribution in [1.82, 2.24) is 4.90 Å². The van der Waals surface area contributed by atoms with Crippen LogP contribution in [0.15, 0.2) is 24.3 Å². The summed E-state index contributed by atoms with van der Waals surface area (Å²) in [5.41, 5.74) is 1.38. The van der Waals surface area contributed by atoms with E-state index in [0.29, 0.717) is 23.1 Å². The molecule has 3 heteroatoms. The topological polar surface area (TPSA) is 40.5 Å². The van der Waals surface area contributed by atoms with E-state index in [9.17, 15) is 4.79 Å². The number of carbonyl (C=O) groups excluding carboxylic acids is 1. The molecule has 1 amide bonds. The normalized spacial score (nSPS) is 24.2. The molecule has 1 saturated carbocycles. The summed E-state index contributed by atoms with van der Waals surface area (Å²) in [4.78, 5) is 14.6. The molecule has 0 radical (unpaired) electrons. The van der Waals surface area contributed by atoms with E-state index < -0.39 is 0 Å². The van der Waals surface area contributed by atoms with E-state index in [0.717, 1.165) is 19.4 Å². The lowest BCUT2D eigenvalue weighted by atomic mass is 10.0. The van der Waals surface area contributed by atoms with Crippen LogP contribution in [0.25, 0.3) is 0 Å². The summed E-state index contributed by atoms with van der Waals surface area (Å²) in [5.74, 6) is 6.27. The van der Waals surface area contributed by atoms with Crippen molar-refractivity contribution in [1.29, 1.82) is 0 Å². The maximum absolute atomic E-state index is 12.6. The van der Waals surface area contributed by atoms with Gasteiger partial charge in [0.2, 0.25) is 0 Å². The summed E-state index contributed by atoms with van der Waals surface area (Å²) >= 11 is 0. The molecule has 1 aliphatic heterocycles. The highest BCUT2D eigenvalue weighted by molar-refractivity contribution is 5.97. The molecule has 1 aromatic carbocycles. The van der Waals surface area contributed by atoms with Crippen LogP contribution in [0.2, 0.25) is 0 Å². The first-order valence-corrected chi connectivity index (χ1v) is 6.79. The predicted molar refractivity (Wildman–Crippen MR) is 72.6 cm³/mol. The third-order valence-corrected chi connectivity index (χ3v) is 4.13. The molecule has 98 valence electrons. The fourth-order valence-corrected chi connectivity index (χ4v) is 3.24. The van der Waals surface area contributed by atoms with Crippen LogP contribution < -0.4 is 0 Å². The highest BCUT2D eigenvalue weighted by Crippen LogP contribution is 2.38. The number of likely N-dealkylation sites (tertiary alicyclic amines) is 1. The van der Waals surface area contributed by atoms with E-state index in [4.69, 9.17) is 5.11 Å². The van der Waals surface area contributed by atoms with Crippen molar-refractivity contribution in [3.8, 4) is 11.8 Å². The smallest absolute Gasteiger partial charge is 0.255 e. The van der Waals surface area contributed by atoms with Crippen LogP contribution in [0.4, 0.5) is 0 Å². The highest BCUT2D eigenvalue weighted by atomic mass is 16.2. The number of hydrogen-bond acceptors (Lipinski definition) is 2. The Bertz CT molecular complexity index is 555. The van der Waals surface area contributed by atoms with Crippen LogP contribution in [0.1, 0.15) is 35.2 Å². The van der Waals surface area contributed by atoms with Gasteiger partial charge in [-0.25, -0.2) is 0 Å². The van der Waals surface area contributed by atoms with Crippen molar-refractivity contribution >= 4 is 5.91 Å². The molecular weight excluding hydrogens is 238 g/mol. The van der Waals surface area contributed by atoms with Crippen LogP contribution in [0, 0.1) is 17.8 Å². The molecular formula is C16H17NO2. The van der Waals surface area contributed by atoms with Crippen LogP contribution in [0.5, 0.6) is 0 Å². The van der Waals surface area contributed by atoms with Gasteiger partial charge in [0.15, 0.2) is 0 Å². The SMILES string of the molecule is O=C(c1ccccc1C#CCO)N1CC2CCC1C2. The van der Waals surface area contributed by atoms with E-state index in [2.05, 4.69) is 11.8 Å². The Balaban J connectivity index is 1.87. The highest BCUT2D eigenvalue weighted by Gasteiger charge is 2.40. The molecule has 1 aromatic rings. The first-order valence-electron chi connectivity index (χ1n) is 6.79. The number of aliphatic hydroxyl groups excluding tert-OH is 1. The zero-order chi connectivity index (χ0) is 13.2. The van der Waals surface area contributed by atoms with Crippen molar-refractivity contribution in [2.45, 2.75) is 25.3 Å². The molecule has 1 saturated heterocycles. The number of piperidine rings is 1. The molecule has 2 aliphatic rings. The lowest BCUT2D eigenvalue weighted by molar-refractivity contribution is 0.0703. The van der Waals surface area contributed by atoms with Crippen molar-refractivity contribution < 1.29 is 9.90 Å². The first kappa shape index (κ1) is 12.3. The van der Waals surface area contributed by atoms with Crippen LogP contribution in [-0.4, -0.2) is 35.1 Å². The van der Waals surface area contributed by atoms with Gasteiger partial charge in [-0.15, -0.1) is 0 Å². The molecule has 2 atom stereocenters. The maximum atomic E-state index is 12.6. The summed E-state index contributed by atoms with van der Waals surface area (Å²) in [6, 6.07) is 7.83. The van der Waals surface area contributed by atoms with E-state index in [1.54, 1.807) is 0 Å².